The smallest absolute Gasteiger partial charge is 0.244 e. The molecule has 0 aliphatic heterocycles. The normalized spacial score (nSPS) is 11.8. The van der Waals surface area contributed by atoms with Crippen LogP contribution in [-0.4, -0.2) is 23.2 Å². The number of nitrogens with one attached hydrogen (secondary N) is 1. The monoisotopic (exact) mass is 325 g/mol. The van der Waals surface area contributed by atoms with Crippen LogP contribution in [-0.2, 0) is 4.79 Å². The Kier molecular flexibility index (Phi) is 6.25. The summed E-state index contributed by atoms with van der Waals surface area (Å²) in [5, 5.41) is 12.8. The maximum absolute atomic E-state index is 11.7. The number of halogens is 1. The third kappa shape index (κ3) is 5.57. The number of benzene rings is 1. The van der Waals surface area contributed by atoms with Gasteiger partial charge in [-0.1, -0.05) is 41.9 Å². The summed E-state index contributed by atoms with van der Waals surface area (Å²) in [6.45, 7) is 4.10. The Labute approximate surface area is 122 Å². The Balaban J connectivity index is 2.52. The molecule has 0 saturated heterocycles. The third-order valence-electron chi connectivity index (χ3n) is 3.18. The summed E-state index contributed by atoms with van der Waals surface area (Å²) in [6, 6.07) is 7.69. The van der Waals surface area contributed by atoms with Gasteiger partial charge in [0.05, 0.1) is 5.60 Å². The minimum atomic E-state index is -0.806. The molecule has 0 unspecified atom stereocenters. The van der Waals surface area contributed by atoms with Crippen molar-refractivity contribution in [2.45, 2.75) is 32.3 Å². The van der Waals surface area contributed by atoms with E-state index in [4.69, 9.17) is 0 Å². The van der Waals surface area contributed by atoms with Crippen molar-refractivity contribution in [3.05, 3.63) is 40.4 Å². The molecule has 0 aromatic heterocycles. The molecule has 0 saturated carbocycles. The Morgan fingerprint density at radius 3 is 2.68 bits per heavy atom. The molecule has 0 heterocycles. The molecule has 2 N–H and O–H groups in total. The molecule has 0 fully saturated rings. The van der Waals surface area contributed by atoms with Gasteiger partial charge in [0, 0.05) is 17.1 Å². The molecule has 0 atom stereocenters. The second kappa shape index (κ2) is 7.46. The Hall–Kier alpha value is -1.13. The number of carbonyl (C=O) groups is 1. The van der Waals surface area contributed by atoms with E-state index in [1.165, 1.54) is 6.08 Å². The lowest BCUT2D eigenvalue weighted by Crippen LogP contribution is -2.41. The zero-order valence-corrected chi connectivity index (χ0v) is 12.9. The van der Waals surface area contributed by atoms with E-state index in [-0.39, 0.29) is 12.5 Å². The van der Waals surface area contributed by atoms with E-state index in [9.17, 15) is 9.90 Å². The van der Waals surface area contributed by atoms with E-state index in [0.29, 0.717) is 12.8 Å². The summed E-state index contributed by atoms with van der Waals surface area (Å²) >= 11 is 3.38. The van der Waals surface area contributed by atoms with Crippen LogP contribution in [0.4, 0.5) is 0 Å². The van der Waals surface area contributed by atoms with Crippen LogP contribution in [0.3, 0.4) is 0 Å². The van der Waals surface area contributed by atoms with E-state index >= 15 is 0 Å². The molecule has 1 rings (SSSR count). The van der Waals surface area contributed by atoms with Crippen LogP contribution >= 0.6 is 15.9 Å². The zero-order chi connectivity index (χ0) is 14.3. The highest BCUT2D eigenvalue weighted by atomic mass is 79.9. The SMILES string of the molecule is CCC(O)(CC)CNC(=O)C=Cc1cccc(Br)c1. The number of amides is 1. The molecule has 19 heavy (non-hydrogen) atoms. The topological polar surface area (TPSA) is 49.3 Å². The van der Waals surface area contributed by atoms with Gasteiger partial charge in [0.15, 0.2) is 0 Å². The molecule has 0 aliphatic rings. The summed E-state index contributed by atoms with van der Waals surface area (Å²) < 4.78 is 0.974. The average molecular weight is 326 g/mol. The van der Waals surface area contributed by atoms with Gasteiger partial charge in [-0.25, -0.2) is 0 Å². The molecular weight excluding hydrogens is 306 g/mol. The van der Waals surface area contributed by atoms with Crippen LogP contribution < -0.4 is 5.32 Å². The van der Waals surface area contributed by atoms with Gasteiger partial charge < -0.3 is 10.4 Å². The number of hydrogen-bond acceptors (Lipinski definition) is 2. The van der Waals surface area contributed by atoms with Crippen LogP contribution in [0.25, 0.3) is 6.08 Å². The van der Waals surface area contributed by atoms with Gasteiger partial charge in [-0.3, -0.25) is 4.79 Å². The number of aliphatic hydroxyl groups is 1. The van der Waals surface area contributed by atoms with Gasteiger partial charge in [0.2, 0.25) is 5.91 Å². The highest BCUT2D eigenvalue weighted by molar-refractivity contribution is 9.10. The van der Waals surface area contributed by atoms with Gasteiger partial charge in [-0.2, -0.15) is 0 Å². The third-order valence-corrected chi connectivity index (χ3v) is 3.68. The van der Waals surface area contributed by atoms with Crippen LogP contribution in [0.2, 0.25) is 0 Å². The first-order valence-corrected chi connectivity index (χ1v) is 7.22. The van der Waals surface area contributed by atoms with Gasteiger partial charge in [-0.05, 0) is 36.6 Å². The second-order valence-electron chi connectivity index (χ2n) is 4.54. The Morgan fingerprint density at radius 1 is 1.42 bits per heavy atom. The second-order valence-corrected chi connectivity index (χ2v) is 5.45. The lowest BCUT2D eigenvalue weighted by molar-refractivity contribution is -0.117. The van der Waals surface area contributed by atoms with Crippen molar-refractivity contribution in [3.8, 4) is 0 Å². The highest BCUT2D eigenvalue weighted by Crippen LogP contribution is 2.14. The first kappa shape index (κ1) is 15.9. The Morgan fingerprint density at radius 2 is 2.11 bits per heavy atom. The van der Waals surface area contributed by atoms with Crippen LogP contribution in [0.5, 0.6) is 0 Å². The fourth-order valence-corrected chi connectivity index (χ4v) is 2.01. The van der Waals surface area contributed by atoms with Crippen molar-refractivity contribution in [1.29, 1.82) is 0 Å². The van der Waals surface area contributed by atoms with E-state index in [2.05, 4.69) is 21.2 Å². The Bertz CT molecular complexity index is 453. The van der Waals surface area contributed by atoms with Gasteiger partial charge in [0.1, 0.15) is 0 Å². The predicted molar refractivity (Wildman–Crippen MR) is 81.7 cm³/mol. The van der Waals surface area contributed by atoms with Crippen LogP contribution in [0.1, 0.15) is 32.3 Å². The molecule has 0 bridgehead atoms. The summed E-state index contributed by atoms with van der Waals surface area (Å²) in [7, 11) is 0. The summed E-state index contributed by atoms with van der Waals surface area (Å²) in [5.74, 6) is -0.194. The standard InChI is InChI=1S/C15H20BrNO2/c1-3-15(19,4-2)11-17-14(18)9-8-12-6-5-7-13(16)10-12/h5-10,19H,3-4,11H2,1-2H3,(H,17,18). The number of rotatable bonds is 6. The molecule has 1 aromatic carbocycles. The fourth-order valence-electron chi connectivity index (χ4n) is 1.59. The zero-order valence-electron chi connectivity index (χ0n) is 11.3. The highest BCUT2D eigenvalue weighted by Gasteiger charge is 2.22. The first-order valence-electron chi connectivity index (χ1n) is 6.43. The molecule has 0 spiro atoms. The van der Waals surface area contributed by atoms with Crippen LogP contribution in [0, 0.1) is 0 Å². The molecule has 1 amide bonds. The van der Waals surface area contributed by atoms with Crippen molar-refractivity contribution in [2.75, 3.05) is 6.54 Å². The van der Waals surface area contributed by atoms with Crippen molar-refractivity contribution in [1.82, 2.24) is 5.32 Å². The van der Waals surface area contributed by atoms with Crippen molar-refractivity contribution in [2.24, 2.45) is 0 Å². The largest absolute Gasteiger partial charge is 0.388 e. The van der Waals surface area contributed by atoms with Crippen molar-refractivity contribution < 1.29 is 9.90 Å². The van der Waals surface area contributed by atoms with E-state index in [0.717, 1.165) is 10.0 Å². The molecule has 4 heteroatoms. The van der Waals surface area contributed by atoms with Gasteiger partial charge >= 0.3 is 0 Å². The summed E-state index contributed by atoms with van der Waals surface area (Å²) in [5.41, 5.74) is 0.144. The molecule has 1 aromatic rings. The maximum atomic E-state index is 11.7. The maximum Gasteiger partial charge on any atom is 0.244 e. The van der Waals surface area contributed by atoms with Crippen molar-refractivity contribution in [3.63, 3.8) is 0 Å². The number of hydrogen-bond donors (Lipinski definition) is 2. The first-order chi connectivity index (χ1) is 8.99. The lowest BCUT2D eigenvalue weighted by Gasteiger charge is -2.24. The lowest BCUT2D eigenvalue weighted by atomic mass is 9.98. The fraction of sp³-hybridized carbons (Fsp3) is 0.400. The van der Waals surface area contributed by atoms with Gasteiger partial charge in [0.25, 0.3) is 0 Å². The van der Waals surface area contributed by atoms with Crippen molar-refractivity contribution >= 4 is 27.9 Å². The summed E-state index contributed by atoms with van der Waals surface area (Å²) in [4.78, 5) is 11.7. The minimum absolute atomic E-state index is 0.194. The molecule has 104 valence electrons. The van der Waals surface area contributed by atoms with Gasteiger partial charge in [-0.15, -0.1) is 0 Å². The van der Waals surface area contributed by atoms with Crippen LogP contribution in [0.15, 0.2) is 34.8 Å². The quantitative estimate of drug-likeness (QED) is 0.789. The average Bonchev–Trinajstić information content (AvgIpc) is 2.42. The minimum Gasteiger partial charge on any atom is -0.388 e. The summed E-state index contributed by atoms with van der Waals surface area (Å²) in [6.07, 6.45) is 4.48. The molecule has 0 aliphatic carbocycles. The van der Waals surface area contributed by atoms with E-state index in [1.807, 2.05) is 38.1 Å². The molecule has 0 radical (unpaired) electrons. The van der Waals surface area contributed by atoms with E-state index < -0.39 is 5.60 Å². The molecule has 3 nitrogen and oxygen atoms in total. The van der Waals surface area contributed by atoms with E-state index in [1.54, 1.807) is 6.08 Å². The predicted octanol–water partition coefficient (Wildman–Crippen LogP) is 3.13. The number of carbonyl (C=O) groups excluding carboxylic acids is 1. The molecular formula is C15H20BrNO2.